The van der Waals surface area contributed by atoms with Crippen LogP contribution >= 0.6 is 0 Å². The summed E-state index contributed by atoms with van der Waals surface area (Å²) in [6.07, 6.45) is -9.67. The van der Waals surface area contributed by atoms with E-state index in [-0.39, 0.29) is 21.4 Å². The Morgan fingerprint density at radius 2 is 1.52 bits per heavy atom. The van der Waals surface area contributed by atoms with Gasteiger partial charge in [-0.2, -0.15) is 31.0 Å². The van der Waals surface area contributed by atoms with Gasteiger partial charge >= 0.3 is 29.4 Å². The van der Waals surface area contributed by atoms with Gasteiger partial charge in [0.1, 0.15) is 0 Å². The Bertz CT molecular complexity index is 1030. The number of nitrogens with zero attached hydrogens (tertiary/aromatic N) is 5. The van der Waals surface area contributed by atoms with Crippen LogP contribution in [-0.2, 0) is 18.9 Å². The molecule has 10 nitrogen and oxygen atoms in total. The average Bonchev–Trinajstić information content (AvgIpc) is 2.90. The molecule has 2 rings (SSSR count). The van der Waals surface area contributed by atoms with Crippen LogP contribution in [0, 0.1) is 20.2 Å². The summed E-state index contributed by atoms with van der Waals surface area (Å²) in [5.74, 6) is -1.88. The van der Waals surface area contributed by atoms with Crippen molar-refractivity contribution in [3.8, 4) is 5.69 Å². The molecule has 1 aromatic heterocycles. The van der Waals surface area contributed by atoms with Crippen LogP contribution in [0.5, 0.6) is 0 Å². The number of rotatable bonds is 5. The highest BCUT2D eigenvalue weighted by Gasteiger charge is 2.42. The van der Waals surface area contributed by atoms with E-state index in [0.717, 1.165) is 6.08 Å². The van der Waals surface area contributed by atoms with Gasteiger partial charge in [-0.25, -0.2) is 4.79 Å². The average molecular weight is 427 g/mol. The molecule has 1 aromatic carbocycles. The molecule has 2 aromatic rings. The molecule has 29 heavy (non-hydrogen) atoms. The van der Waals surface area contributed by atoms with Crippen LogP contribution in [0.3, 0.4) is 0 Å². The minimum absolute atomic E-state index is 0.0435. The lowest BCUT2D eigenvalue weighted by atomic mass is 10.1. The van der Waals surface area contributed by atoms with Crippen LogP contribution in [0.25, 0.3) is 5.69 Å². The Kier molecular flexibility index (Phi) is 5.23. The van der Waals surface area contributed by atoms with E-state index in [1.165, 1.54) is 0 Å². The van der Waals surface area contributed by atoms with Crippen LogP contribution in [-0.4, -0.2) is 24.2 Å². The van der Waals surface area contributed by atoms with E-state index < -0.39 is 62.9 Å². The van der Waals surface area contributed by atoms with Crippen molar-refractivity contribution >= 4 is 11.4 Å². The van der Waals surface area contributed by atoms with E-state index in [1.54, 1.807) is 0 Å². The maximum absolute atomic E-state index is 13.1. The van der Waals surface area contributed by atoms with Gasteiger partial charge in [-0.15, -0.1) is 11.7 Å². The lowest BCUT2D eigenvalue weighted by Crippen LogP contribution is -2.26. The number of aromatic nitrogens is 3. The summed E-state index contributed by atoms with van der Waals surface area (Å²) in [6, 6.07) is -0.289. The lowest BCUT2D eigenvalue weighted by molar-refractivity contribution is -0.394. The third-order valence-electron chi connectivity index (χ3n) is 3.43. The van der Waals surface area contributed by atoms with Crippen LogP contribution in [0.15, 0.2) is 29.6 Å². The molecule has 0 aliphatic heterocycles. The van der Waals surface area contributed by atoms with Crippen LogP contribution in [0.4, 0.5) is 37.7 Å². The first-order valence-corrected chi connectivity index (χ1v) is 7.12. The zero-order valence-electron chi connectivity index (χ0n) is 13.7. The van der Waals surface area contributed by atoms with Crippen molar-refractivity contribution in [1.29, 1.82) is 0 Å². The van der Waals surface area contributed by atoms with E-state index in [4.69, 9.17) is 0 Å². The highest BCUT2D eigenvalue weighted by atomic mass is 19.4. The summed E-state index contributed by atoms with van der Waals surface area (Å²) in [5, 5.41) is 25.3. The fourth-order valence-corrected chi connectivity index (χ4v) is 2.31. The molecular formula is C13H7F6N5O5. The molecule has 0 saturated carbocycles. The summed E-state index contributed by atoms with van der Waals surface area (Å²) < 4.78 is 77.8. The molecule has 0 amide bonds. The van der Waals surface area contributed by atoms with Crippen molar-refractivity contribution < 1.29 is 36.2 Å². The van der Waals surface area contributed by atoms with Gasteiger partial charge < -0.3 is 0 Å². The summed E-state index contributed by atoms with van der Waals surface area (Å²) in [4.78, 5) is 31.7. The van der Waals surface area contributed by atoms with Crippen molar-refractivity contribution in [1.82, 2.24) is 14.3 Å². The first kappa shape index (κ1) is 21.6. The van der Waals surface area contributed by atoms with E-state index in [9.17, 15) is 51.4 Å². The van der Waals surface area contributed by atoms with E-state index in [1.807, 2.05) is 0 Å². The maximum atomic E-state index is 13.1. The number of nitro benzene ring substituents is 2. The zero-order chi connectivity index (χ0) is 22.3. The molecule has 0 aliphatic rings. The van der Waals surface area contributed by atoms with Gasteiger partial charge in [0.25, 0.3) is 0 Å². The van der Waals surface area contributed by atoms with Crippen LogP contribution < -0.4 is 5.69 Å². The van der Waals surface area contributed by atoms with Crippen LogP contribution in [0.2, 0.25) is 0 Å². The minimum Gasteiger partial charge on any atom is -0.267 e. The normalized spacial score (nSPS) is 12.1. The molecule has 0 spiro atoms. The Balaban J connectivity index is 3.02. The Hall–Kier alpha value is -3.72. The summed E-state index contributed by atoms with van der Waals surface area (Å²) in [7, 11) is 0. The van der Waals surface area contributed by atoms with Crippen molar-refractivity contribution in [2.45, 2.75) is 18.9 Å². The Morgan fingerprint density at radius 1 is 1.03 bits per heavy atom. The largest absolute Gasteiger partial charge is 0.451 e. The molecule has 156 valence electrons. The second-order valence-electron chi connectivity index (χ2n) is 5.29. The second-order valence-corrected chi connectivity index (χ2v) is 5.29. The SMILES string of the molecule is C=CCn1c(C(F)(F)F)nn(-c2c([N+](=O)[O-])cc(C(F)(F)F)cc2[N+](=O)[O-])c1=O. The molecule has 16 heteroatoms. The smallest absolute Gasteiger partial charge is 0.267 e. The highest BCUT2D eigenvalue weighted by Crippen LogP contribution is 2.39. The first-order valence-electron chi connectivity index (χ1n) is 7.12. The number of hydrogen-bond acceptors (Lipinski definition) is 6. The highest BCUT2D eigenvalue weighted by molar-refractivity contribution is 5.66. The van der Waals surface area contributed by atoms with E-state index >= 15 is 0 Å². The second kappa shape index (κ2) is 7.02. The van der Waals surface area contributed by atoms with E-state index in [2.05, 4.69) is 11.7 Å². The third-order valence-corrected chi connectivity index (χ3v) is 3.43. The predicted octanol–water partition coefficient (Wildman–Crippen LogP) is 3.07. The Morgan fingerprint density at radius 3 is 1.86 bits per heavy atom. The minimum atomic E-state index is -5.26. The monoisotopic (exact) mass is 427 g/mol. The van der Waals surface area contributed by atoms with Crippen molar-refractivity contribution in [2.75, 3.05) is 0 Å². The number of hydrogen-bond donors (Lipinski definition) is 0. The van der Waals surface area contributed by atoms with Crippen molar-refractivity contribution in [3.63, 3.8) is 0 Å². The molecule has 0 aliphatic carbocycles. The predicted molar refractivity (Wildman–Crippen MR) is 81.3 cm³/mol. The quantitative estimate of drug-likeness (QED) is 0.312. The molecule has 0 atom stereocenters. The van der Waals surface area contributed by atoms with Gasteiger partial charge in [0, 0.05) is 18.7 Å². The molecule has 0 radical (unpaired) electrons. The van der Waals surface area contributed by atoms with Gasteiger partial charge in [0.2, 0.25) is 11.5 Å². The van der Waals surface area contributed by atoms with Crippen molar-refractivity contribution in [3.05, 3.63) is 66.9 Å². The number of allylic oxidation sites excluding steroid dienone is 1. The molecule has 0 N–H and O–H groups in total. The fraction of sp³-hybridized carbons (Fsp3) is 0.231. The summed E-state index contributed by atoms with van der Waals surface area (Å²) >= 11 is 0. The fourth-order valence-electron chi connectivity index (χ4n) is 2.31. The molecule has 1 heterocycles. The summed E-state index contributed by atoms with van der Waals surface area (Å²) in [6.45, 7) is 2.35. The van der Waals surface area contributed by atoms with E-state index in [0.29, 0.717) is 0 Å². The third kappa shape index (κ3) is 3.94. The van der Waals surface area contributed by atoms with Gasteiger partial charge in [-0.3, -0.25) is 24.8 Å². The maximum Gasteiger partial charge on any atom is 0.451 e. The first-order chi connectivity index (χ1) is 13.2. The van der Waals surface area contributed by atoms with Gasteiger partial charge in [-0.05, 0) is 0 Å². The summed E-state index contributed by atoms with van der Waals surface area (Å²) in [5.41, 5.74) is -8.24. The number of halogens is 6. The van der Waals surface area contributed by atoms with Gasteiger partial charge in [0.05, 0.1) is 15.4 Å². The molecule has 0 fully saturated rings. The number of benzene rings is 1. The van der Waals surface area contributed by atoms with Gasteiger partial charge in [-0.1, -0.05) is 6.08 Å². The number of nitro groups is 2. The molecule has 0 saturated heterocycles. The molecular weight excluding hydrogens is 420 g/mol. The number of alkyl halides is 6. The Labute approximate surface area is 154 Å². The standard InChI is InChI=1S/C13H7F6N5O5/c1-2-3-21-10(13(17,18)19)20-22(11(21)25)9-7(23(26)27)4-6(12(14,15)16)5-8(9)24(28)29/h2,4-5H,1,3H2. The lowest BCUT2D eigenvalue weighted by Gasteiger charge is -2.09. The van der Waals surface area contributed by atoms with Crippen LogP contribution in [0.1, 0.15) is 11.4 Å². The van der Waals surface area contributed by atoms with Crippen molar-refractivity contribution in [2.24, 2.45) is 0 Å². The zero-order valence-corrected chi connectivity index (χ0v) is 13.7. The topological polar surface area (TPSA) is 126 Å². The molecule has 0 bridgehead atoms. The van der Waals surface area contributed by atoms with Gasteiger partial charge in [0.15, 0.2) is 0 Å². The molecule has 0 unspecified atom stereocenters.